The third-order valence-electron chi connectivity index (χ3n) is 4.10. The molecule has 0 bridgehead atoms. The van der Waals surface area contributed by atoms with Crippen LogP contribution in [-0.4, -0.2) is 17.9 Å². The third-order valence-corrected chi connectivity index (χ3v) is 4.10. The monoisotopic (exact) mass is 384 g/mol. The third kappa shape index (κ3) is 4.68. The Bertz CT molecular complexity index is 915. The van der Waals surface area contributed by atoms with Crippen molar-refractivity contribution in [3.63, 3.8) is 0 Å². The van der Waals surface area contributed by atoms with E-state index in [2.05, 4.69) is 0 Å². The topological polar surface area (TPSA) is 88.1 Å². The average Bonchev–Trinajstić information content (AvgIpc) is 2.60. The fraction of sp³-hybridized carbons (Fsp3) is 0.286. The minimum Gasteiger partial charge on any atom is -0.485 e. The maximum atomic E-state index is 11.4. The van der Waals surface area contributed by atoms with Gasteiger partial charge in [-0.3, -0.25) is 14.4 Å². The predicted octanol–water partition coefficient (Wildman–Crippen LogP) is 3.53. The zero-order valence-corrected chi connectivity index (χ0v) is 15.8. The number of rotatable bonds is 4. The molecule has 0 fully saturated rings. The van der Waals surface area contributed by atoms with Gasteiger partial charge in [0.25, 0.3) is 0 Å². The summed E-state index contributed by atoms with van der Waals surface area (Å²) >= 11 is 0. The van der Waals surface area contributed by atoms with Crippen LogP contribution in [-0.2, 0) is 20.8 Å². The Morgan fingerprint density at radius 2 is 1.46 bits per heavy atom. The highest BCUT2D eigenvalue weighted by Crippen LogP contribution is 2.42. The average molecular weight is 384 g/mol. The number of benzene rings is 2. The van der Waals surface area contributed by atoms with Gasteiger partial charge in [0.15, 0.2) is 0 Å². The molecule has 0 amide bonds. The van der Waals surface area contributed by atoms with E-state index in [4.69, 9.17) is 18.9 Å². The molecule has 1 atom stereocenters. The molecule has 0 aliphatic carbocycles. The van der Waals surface area contributed by atoms with Crippen LogP contribution in [0.5, 0.6) is 23.0 Å². The standard InChI is InChI=1S/C21H20O7/c1-12(22)25-16-6-4-15(5-7-16)19-9-8-18-20(27-14(3)24)10-17(26-13(2)23)11-21(18)28-19/h4-7,10-11,19H,8-9H2,1-3H3. The maximum Gasteiger partial charge on any atom is 0.308 e. The Balaban J connectivity index is 1.87. The van der Waals surface area contributed by atoms with Crippen LogP contribution in [0.4, 0.5) is 0 Å². The van der Waals surface area contributed by atoms with Gasteiger partial charge in [-0.25, -0.2) is 0 Å². The molecular formula is C21H20O7. The molecule has 1 aliphatic rings. The lowest BCUT2D eigenvalue weighted by Gasteiger charge is -2.28. The first-order valence-electron chi connectivity index (χ1n) is 8.80. The maximum absolute atomic E-state index is 11.4. The summed E-state index contributed by atoms with van der Waals surface area (Å²) in [6.45, 7) is 3.94. The van der Waals surface area contributed by atoms with Crippen molar-refractivity contribution in [2.75, 3.05) is 0 Å². The Morgan fingerprint density at radius 1 is 0.857 bits per heavy atom. The second kappa shape index (κ2) is 8.12. The van der Waals surface area contributed by atoms with Crippen LogP contribution >= 0.6 is 0 Å². The zero-order chi connectivity index (χ0) is 20.3. The van der Waals surface area contributed by atoms with Crippen molar-refractivity contribution in [3.05, 3.63) is 47.5 Å². The van der Waals surface area contributed by atoms with E-state index in [1.807, 2.05) is 12.1 Å². The molecule has 7 nitrogen and oxygen atoms in total. The molecule has 0 radical (unpaired) electrons. The highest BCUT2D eigenvalue weighted by atomic mass is 16.6. The number of esters is 3. The second-order valence-corrected chi connectivity index (χ2v) is 6.39. The van der Waals surface area contributed by atoms with Gasteiger partial charge in [-0.15, -0.1) is 0 Å². The summed E-state index contributed by atoms with van der Waals surface area (Å²) < 4.78 is 21.5. The molecule has 0 aromatic heterocycles. The lowest BCUT2D eigenvalue weighted by atomic mass is 9.96. The zero-order valence-electron chi connectivity index (χ0n) is 15.8. The first-order chi connectivity index (χ1) is 13.3. The Hall–Kier alpha value is -3.35. The fourth-order valence-electron chi connectivity index (χ4n) is 3.06. The van der Waals surface area contributed by atoms with Gasteiger partial charge < -0.3 is 18.9 Å². The van der Waals surface area contributed by atoms with E-state index in [0.717, 1.165) is 11.1 Å². The molecule has 28 heavy (non-hydrogen) atoms. The first kappa shape index (κ1) is 19.4. The van der Waals surface area contributed by atoms with E-state index in [-0.39, 0.29) is 17.8 Å². The summed E-state index contributed by atoms with van der Waals surface area (Å²) in [7, 11) is 0. The molecule has 1 aliphatic heterocycles. The van der Waals surface area contributed by atoms with Crippen molar-refractivity contribution in [1.82, 2.24) is 0 Å². The van der Waals surface area contributed by atoms with Gasteiger partial charge in [0.05, 0.1) is 0 Å². The summed E-state index contributed by atoms with van der Waals surface area (Å²) in [5.41, 5.74) is 1.66. The first-order valence-corrected chi connectivity index (χ1v) is 8.80. The van der Waals surface area contributed by atoms with Gasteiger partial charge in [-0.05, 0) is 30.5 Å². The minimum atomic E-state index is -0.484. The SMILES string of the molecule is CC(=O)Oc1ccc(C2CCc3c(OC(C)=O)cc(OC(C)=O)cc3O2)cc1. The Labute approximate surface area is 162 Å². The summed E-state index contributed by atoms with van der Waals surface area (Å²) in [4.78, 5) is 33.8. The number of carbonyl (C=O) groups is 3. The van der Waals surface area contributed by atoms with E-state index >= 15 is 0 Å². The van der Waals surface area contributed by atoms with Gasteiger partial charge >= 0.3 is 17.9 Å². The summed E-state index contributed by atoms with van der Waals surface area (Å²) in [6.07, 6.45) is 1.05. The van der Waals surface area contributed by atoms with E-state index in [1.54, 1.807) is 18.2 Å². The molecule has 0 N–H and O–H groups in total. The summed E-state index contributed by atoms with van der Waals surface area (Å²) in [5.74, 6) is 0.189. The number of hydrogen-bond acceptors (Lipinski definition) is 7. The highest BCUT2D eigenvalue weighted by Gasteiger charge is 2.26. The molecule has 0 saturated heterocycles. The number of carbonyl (C=O) groups excluding carboxylic acids is 3. The van der Waals surface area contributed by atoms with Gasteiger partial charge in [0.2, 0.25) is 0 Å². The predicted molar refractivity (Wildman–Crippen MR) is 98.5 cm³/mol. The van der Waals surface area contributed by atoms with E-state index in [0.29, 0.717) is 30.1 Å². The smallest absolute Gasteiger partial charge is 0.308 e. The lowest BCUT2D eigenvalue weighted by molar-refractivity contribution is -0.133. The molecule has 0 spiro atoms. The largest absolute Gasteiger partial charge is 0.485 e. The lowest BCUT2D eigenvalue weighted by Crippen LogP contribution is -2.17. The second-order valence-electron chi connectivity index (χ2n) is 6.39. The summed E-state index contributed by atoms with van der Waals surface area (Å²) in [6, 6.07) is 10.2. The van der Waals surface area contributed by atoms with E-state index in [1.165, 1.54) is 26.8 Å². The Kier molecular flexibility index (Phi) is 5.63. The molecule has 7 heteroatoms. The van der Waals surface area contributed by atoms with E-state index in [9.17, 15) is 14.4 Å². The van der Waals surface area contributed by atoms with Crippen LogP contribution in [0.3, 0.4) is 0 Å². The molecule has 0 saturated carbocycles. The van der Waals surface area contributed by atoms with Gasteiger partial charge in [0, 0.05) is 38.5 Å². The number of hydrogen-bond donors (Lipinski definition) is 0. The number of ether oxygens (including phenoxy) is 4. The van der Waals surface area contributed by atoms with Crippen LogP contribution in [0.1, 0.15) is 44.4 Å². The van der Waals surface area contributed by atoms with Crippen molar-refractivity contribution in [2.45, 2.75) is 39.7 Å². The van der Waals surface area contributed by atoms with Crippen LogP contribution in [0.2, 0.25) is 0 Å². The van der Waals surface area contributed by atoms with Crippen molar-refractivity contribution < 1.29 is 33.3 Å². The normalized spacial score (nSPS) is 15.0. The van der Waals surface area contributed by atoms with Gasteiger partial charge in [-0.1, -0.05) is 12.1 Å². The van der Waals surface area contributed by atoms with Crippen molar-refractivity contribution in [1.29, 1.82) is 0 Å². The molecular weight excluding hydrogens is 364 g/mol. The van der Waals surface area contributed by atoms with Crippen molar-refractivity contribution in [2.24, 2.45) is 0 Å². The molecule has 1 heterocycles. The molecule has 146 valence electrons. The Morgan fingerprint density at radius 3 is 2.07 bits per heavy atom. The van der Waals surface area contributed by atoms with Crippen LogP contribution < -0.4 is 18.9 Å². The van der Waals surface area contributed by atoms with Gasteiger partial charge in [-0.2, -0.15) is 0 Å². The molecule has 2 aromatic rings. The van der Waals surface area contributed by atoms with Crippen LogP contribution in [0, 0.1) is 0 Å². The van der Waals surface area contributed by atoms with Gasteiger partial charge in [0.1, 0.15) is 29.1 Å². The quantitative estimate of drug-likeness (QED) is 0.588. The van der Waals surface area contributed by atoms with E-state index < -0.39 is 11.9 Å². The highest BCUT2D eigenvalue weighted by molar-refractivity contribution is 5.73. The van der Waals surface area contributed by atoms with Crippen LogP contribution in [0.15, 0.2) is 36.4 Å². The molecule has 3 rings (SSSR count). The minimum absolute atomic E-state index is 0.239. The molecule has 1 unspecified atom stereocenters. The van der Waals surface area contributed by atoms with Crippen molar-refractivity contribution in [3.8, 4) is 23.0 Å². The van der Waals surface area contributed by atoms with Crippen molar-refractivity contribution >= 4 is 17.9 Å². The molecule has 2 aromatic carbocycles. The van der Waals surface area contributed by atoms with Crippen LogP contribution in [0.25, 0.3) is 0 Å². The summed E-state index contributed by atoms with van der Waals surface area (Å²) in [5, 5.41) is 0. The fourth-order valence-corrected chi connectivity index (χ4v) is 3.06. The number of fused-ring (bicyclic) bond motifs is 1.